The first-order valence-electron chi connectivity index (χ1n) is 8.00. The summed E-state index contributed by atoms with van der Waals surface area (Å²) in [7, 11) is 0. The van der Waals surface area contributed by atoms with E-state index in [-0.39, 0.29) is 0 Å². The maximum absolute atomic E-state index is 10.2. The summed E-state index contributed by atoms with van der Waals surface area (Å²) in [4.78, 5) is 10.2. The minimum absolute atomic E-state index is 0.909. The Morgan fingerprint density at radius 1 is 0.800 bits per heavy atom. The van der Waals surface area contributed by atoms with Gasteiger partial charge in [0.1, 0.15) is 0 Å². The molecule has 114 valence electrons. The van der Waals surface area contributed by atoms with Crippen molar-refractivity contribution in [1.82, 2.24) is 0 Å². The highest BCUT2D eigenvalue weighted by molar-refractivity contribution is 5.80. The van der Waals surface area contributed by atoms with Gasteiger partial charge in [-0.25, -0.2) is 4.79 Å². The number of allylic oxidation sites excluding steroid dienone is 5. The van der Waals surface area contributed by atoms with Crippen molar-refractivity contribution >= 4 is 5.97 Å². The topological polar surface area (TPSA) is 37.3 Å². The van der Waals surface area contributed by atoms with Crippen LogP contribution in [-0.4, -0.2) is 11.1 Å². The predicted octanol–water partition coefficient (Wildman–Crippen LogP) is 5.66. The van der Waals surface area contributed by atoms with Gasteiger partial charge in [-0.05, 0) is 12.8 Å². The predicted molar refractivity (Wildman–Crippen MR) is 86.9 cm³/mol. The van der Waals surface area contributed by atoms with E-state index in [9.17, 15) is 4.79 Å². The van der Waals surface area contributed by atoms with Crippen LogP contribution in [0.25, 0.3) is 0 Å². The number of hydrogen-bond acceptors (Lipinski definition) is 1. The van der Waals surface area contributed by atoms with Crippen molar-refractivity contribution in [3.8, 4) is 0 Å². The van der Waals surface area contributed by atoms with Gasteiger partial charge in [0.2, 0.25) is 0 Å². The Labute approximate surface area is 124 Å². The number of unbranched alkanes of at least 4 members (excludes halogenated alkanes) is 9. The average molecular weight is 278 g/mol. The number of carboxylic acid groups (broad SMARTS) is 1. The SMILES string of the molecule is CCCCCCCCCCCC=C/C=C\C=C/C(=O)O. The van der Waals surface area contributed by atoms with E-state index < -0.39 is 5.97 Å². The molecule has 0 saturated heterocycles. The van der Waals surface area contributed by atoms with E-state index in [0.717, 1.165) is 12.5 Å². The Morgan fingerprint density at radius 3 is 1.95 bits per heavy atom. The fraction of sp³-hybridized carbons (Fsp3) is 0.611. The standard InChI is InChI=1S/C18H30O2/c1-2-3-4-5-6-7-8-9-10-11-12-13-14-15-16-17-18(19)20/h12-17H,2-11H2,1H3,(H,19,20)/b13-12?,15-14-,17-16-. The van der Waals surface area contributed by atoms with Crippen LogP contribution in [0.15, 0.2) is 36.5 Å². The summed E-state index contributed by atoms with van der Waals surface area (Å²) >= 11 is 0. The molecule has 20 heavy (non-hydrogen) atoms. The molecule has 0 heterocycles. The highest BCUT2D eigenvalue weighted by Crippen LogP contribution is 2.10. The van der Waals surface area contributed by atoms with Crippen molar-refractivity contribution in [3.05, 3.63) is 36.5 Å². The summed E-state index contributed by atoms with van der Waals surface area (Å²) in [6.07, 6.45) is 23.7. The van der Waals surface area contributed by atoms with E-state index in [1.807, 2.05) is 12.2 Å². The molecule has 0 aromatic carbocycles. The lowest BCUT2D eigenvalue weighted by Gasteiger charge is -2.00. The lowest BCUT2D eigenvalue weighted by Crippen LogP contribution is -1.84. The van der Waals surface area contributed by atoms with Crippen LogP contribution in [0.4, 0.5) is 0 Å². The molecule has 2 nitrogen and oxygen atoms in total. The second kappa shape index (κ2) is 15.7. The Kier molecular flexibility index (Phi) is 14.7. The molecule has 0 unspecified atom stereocenters. The normalized spacial score (nSPS) is 12.1. The second-order valence-electron chi connectivity index (χ2n) is 5.13. The van der Waals surface area contributed by atoms with Gasteiger partial charge >= 0.3 is 5.97 Å². The summed E-state index contributed by atoms with van der Waals surface area (Å²) in [5.74, 6) is -0.909. The summed E-state index contributed by atoms with van der Waals surface area (Å²) in [5, 5.41) is 8.38. The van der Waals surface area contributed by atoms with Crippen LogP contribution in [0, 0.1) is 0 Å². The van der Waals surface area contributed by atoms with Crippen molar-refractivity contribution in [2.75, 3.05) is 0 Å². The van der Waals surface area contributed by atoms with Gasteiger partial charge in [0, 0.05) is 6.08 Å². The quantitative estimate of drug-likeness (QED) is 0.268. The number of hydrogen-bond donors (Lipinski definition) is 1. The largest absolute Gasteiger partial charge is 0.478 e. The minimum Gasteiger partial charge on any atom is -0.478 e. The molecule has 0 rings (SSSR count). The highest BCUT2D eigenvalue weighted by atomic mass is 16.4. The molecule has 0 amide bonds. The Bertz CT molecular complexity index is 301. The minimum atomic E-state index is -0.909. The molecular formula is C18H30O2. The number of carboxylic acids is 1. The fourth-order valence-corrected chi connectivity index (χ4v) is 2.01. The van der Waals surface area contributed by atoms with Crippen LogP contribution in [0.1, 0.15) is 71.1 Å². The van der Waals surface area contributed by atoms with Gasteiger partial charge in [-0.3, -0.25) is 0 Å². The van der Waals surface area contributed by atoms with E-state index in [1.165, 1.54) is 63.9 Å². The molecule has 0 atom stereocenters. The maximum atomic E-state index is 10.2. The van der Waals surface area contributed by atoms with Crippen molar-refractivity contribution < 1.29 is 9.90 Å². The Hall–Kier alpha value is -1.31. The molecule has 0 fully saturated rings. The molecule has 1 N–H and O–H groups in total. The first-order valence-corrected chi connectivity index (χ1v) is 8.00. The van der Waals surface area contributed by atoms with Gasteiger partial charge in [0.25, 0.3) is 0 Å². The van der Waals surface area contributed by atoms with Crippen LogP contribution >= 0.6 is 0 Å². The smallest absolute Gasteiger partial charge is 0.328 e. The third-order valence-electron chi connectivity index (χ3n) is 3.18. The molecule has 0 radical (unpaired) electrons. The number of aliphatic carboxylic acids is 1. The van der Waals surface area contributed by atoms with Crippen LogP contribution in [-0.2, 0) is 4.79 Å². The monoisotopic (exact) mass is 278 g/mol. The maximum Gasteiger partial charge on any atom is 0.328 e. The summed E-state index contributed by atoms with van der Waals surface area (Å²) in [6.45, 7) is 2.26. The number of carbonyl (C=O) groups is 1. The molecule has 0 aliphatic heterocycles. The van der Waals surface area contributed by atoms with Gasteiger partial charge in [0.05, 0.1) is 0 Å². The number of rotatable bonds is 13. The van der Waals surface area contributed by atoms with Crippen molar-refractivity contribution in [2.24, 2.45) is 0 Å². The Balaban J connectivity index is 3.25. The third-order valence-corrected chi connectivity index (χ3v) is 3.18. The van der Waals surface area contributed by atoms with E-state index in [2.05, 4.69) is 13.0 Å². The summed E-state index contributed by atoms with van der Waals surface area (Å²) in [6, 6.07) is 0. The van der Waals surface area contributed by atoms with Gasteiger partial charge in [0.15, 0.2) is 0 Å². The van der Waals surface area contributed by atoms with Crippen LogP contribution in [0.3, 0.4) is 0 Å². The molecule has 0 aliphatic carbocycles. The molecule has 0 spiro atoms. The highest BCUT2D eigenvalue weighted by Gasteiger charge is 1.90. The van der Waals surface area contributed by atoms with Crippen molar-refractivity contribution in [3.63, 3.8) is 0 Å². The van der Waals surface area contributed by atoms with Gasteiger partial charge in [-0.15, -0.1) is 0 Å². The zero-order valence-electron chi connectivity index (χ0n) is 12.9. The van der Waals surface area contributed by atoms with Crippen LogP contribution < -0.4 is 0 Å². The summed E-state index contributed by atoms with van der Waals surface area (Å²) in [5.41, 5.74) is 0. The summed E-state index contributed by atoms with van der Waals surface area (Å²) < 4.78 is 0. The van der Waals surface area contributed by atoms with Gasteiger partial charge in [-0.2, -0.15) is 0 Å². The molecule has 0 bridgehead atoms. The zero-order chi connectivity index (χ0) is 14.9. The van der Waals surface area contributed by atoms with Gasteiger partial charge in [-0.1, -0.05) is 88.7 Å². The van der Waals surface area contributed by atoms with Crippen LogP contribution in [0.2, 0.25) is 0 Å². The molecule has 0 aromatic heterocycles. The molecule has 0 aliphatic rings. The van der Waals surface area contributed by atoms with Crippen molar-refractivity contribution in [1.29, 1.82) is 0 Å². The lowest BCUT2D eigenvalue weighted by molar-refractivity contribution is -0.131. The molecule has 0 aromatic rings. The van der Waals surface area contributed by atoms with E-state index in [1.54, 1.807) is 6.08 Å². The molecule has 0 saturated carbocycles. The van der Waals surface area contributed by atoms with E-state index in [4.69, 9.17) is 5.11 Å². The second-order valence-corrected chi connectivity index (χ2v) is 5.13. The van der Waals surface area contributed by atoms with Crippen LogP contribution in [0.5, 0.6) is 0 Å². The fourth-order valence-electron chi connectivity index (χ4n) is 2.01. The van der Waals surface area contributed by atoms with E-state index in [0.29, 0.717) is 0 Å². The average Bonchev–Trinajstić information content (AvgIpc) is 2.43. The van der Waals surface area contributed by atoms with E-state index >= 15 is 0 Å². The third kappa shape index (κ3) is 16.7. The lowest BCUT2D eigenvalue weighted by atomic mass is 10.1. The van der Waals surface area contributed by atoms with Gasteiger partial charge < -0.3 is 5.11 Å². The molecular weight excluding hydrogens is 248 g/mol. The molecule has 2 heteroatoms. The Morgan fingerprint density at radius 2 is 1.35 bits per heavy atom. The van der Waals surface area contributed by atoms with Crippen molar-refractivity contribution in [2.45, 2.75) is 71.1 Å². The zero-order valence-corrected chi connectivity index (χ0v) is 12.9. The first kappa shape index (κ1) is 18.7. The first-order chi connectivity index (χ1) is 9.77.